The molecule has 1 heterocycles. The molecule has 0 bridgehead atoms. The standard InChI is InChI=1S/C28H32FN3O3S/c1-19-17-31(24-9-11-25(12-10-24)36-30-23-7-5-6-22(29)16-23)18-20(2)32(19)28(33)15-21-8-13-26(34-3)27(14-21)35-4/h5-14,16,19-20,30H,15,17-18H2,1-4H3. The molecule has 6 nitrogen and oxygen atoms in total. The number of hydrogen-bond acceptors (Lipinski definition) is 6. The minimum Gasteiger partial charge on any atom is -0.493 e. The average molecular weight is 510 g/mol. The van der Waals surface area contributed by atoms with E-state index < -0.39 is 0 Å². The molecule has 1 fully saturated rings. The summed E-state index contributed by atoms with van der Waals surface area (Å²) in [5.41, 5.74) is 2.75. The van der Waals surface area contributed by atoms with Gasteiger partial charge in [0.25, 0.3) is 0 Å². The zero-order valence-electron chi connectivity index (χ0n) is 21.0. The Balaban J connectivity index is 1.36. The lowest BCUT2D eigenvalue weighted by atomic mass is 10.0. The van der Waals surface area contributed by atoms with E-state index in [2.05, 4.69) is 47.7 Å². The van der Waals surface area contributed by atoms with Crippen LogP contribution in [-0.4, -0.2) is 50.2 Å². The summed E-state index contributed by atoms with van der Waals surface area (Å²) in [7, 11) is 3.20. The highest BCUT2D eigenvalue weighted by atomic mass is 32.2. The van der Waals surface area contributed by atoms with Crippen LogP contribution in [0.2, 0.25) is 0 Å². The van der Waals surface area contributed by atoms with Crippen LogP contribution in [0.3, 0.4) is 0 Å². The maximum atomic E-state index is 13.4. The second-order valence-corrected chi connectivity index (χ2v) is 9.86. The molecular formula is C28H32FN3O3S. The number of carbonyl (C=O) groups is 1. The van der Waals surface area contributed by atoms with Crippen molar-refractivity contribution in [3.8, 4) is 11.5 Å². The molecular weight excluding hydrogens is 477 g/mol. The molecule has 8 heteroatoms. The van der Waals surface area contributed by atoms with E-state index in [-0.39, 0.29) is 23.8 Å². The first-order chi connectivity index (χ1) is 17.4. The van der Waals surface area contributed by atoms with Gasteiger partial charge in [-0.15, -0.1) is 0 Å². The number of hydrogen-bond donors (Lipinski definition) is 1. The predicted octanol–water partition coefficient (Wildman–Crippen LogP) is 5.63. The Bertz CT molecular complexity index is 1180. The molecule has 1 aliphatic heterocycles. The summed E-state index contributed by atoms with van der Waals surface area (Å²) in [6.45, 7) is 5.72. The molecule has 1 N–H and O–H groups in total. The summed E-state index contributed by atoms with van der Waals surface area (Å²) in [5, 5.41) is 0. The van der Waals surface area contributed by atoms with Gasteiger partial charge < -0.3 is 24.0 Å². The average Bonchev–Trinajstić information content (AvgIpc) is 2.87. The Morgan fingerprint density at radius 3 is 2.31 bits per heavy atom. The normalized spacial score (nSPS) is 17.6. The molecule has 1 aliphatic rings. The third-order valence-electron chi connectivity index (χ3n) is 6.32. The van der Waals surface area contributed by atoms with Gasteiger partial charge in [-0.1, -0.05) is 12.1 Å². The molecule has 0 aliphatic carbocycles. The van der Waals surface area contributed by atoms with E-state index in [0.29, 0.717) is 17.9 Å². The van der Waals surface area contributed by atoms with Crippen molar-refractivity contribution in [2.45, 2.75) is 37.2 Å². The highest BCUT2D eigenvalue weighted by Crippen LogP contribution is 2.30. The second kappa shape index (κ2) is 11.6. The first kappa shape index (κ1) is 25.7. The molecule has 1 amide bonds. The Morgan fingerprint density at radius 2 is 1.67 bits per heavy atom. The SMILES string of the molecule is COc1ccc(CC(=O)N2C(C)CN(c3ccc(SNc4cccc(F)c4)cc3)CC2C)cc1OC. The monoisotopic (exact) mass is 509 g/mol. The molecule has 0 aromatic heterocycles. The number of piperazine rings is 1. The van der Waals surface area contributed by atoms with Gasteiger partial charge in [-0.25, -0.2) is 4.39 Å². The quantitative estimate of drug-likeness (QED) is 0.397. The third-order valence-corrected chi connectivity index (χ3v) is 7.17. The van der Waals surface area contributed by atoms with E-state index in [0.717, 1.165) is 34.9 Å². The van der Waals surface area contributed by atoms with Crippen LogP contribution in [-0.2, 0) is 11.2 Å². The van der Waals surface area contributed by atoms with E-state index >= 15 is 0 Å². The Labute approximate surface area is 216 Å². The highest BCUT2D eigenvalue weighted by molar-refractivity contribution is 8.00. The lowest BCUT2D eigenvalue weighted by Crippen LogP contribution is -2.59. The number of nitrogens with zero attached hydrogens (tertiary/aromatic N) is 2. The molecule has 2 atom stereocenters. The third kappa shape index (κ3) is 6.05. The number of halogens is 1. The molecule has 36 heavy (non-hydrogen) atoms. The van der Waals surface area contributed by atoms with Crippen LogP contribution in [0, 0.1) is 5.82 Å². The van der Waals surface area contributed by atoms with Crippen molar-refractivity contribution >= 4 is 29.2 Å². The topological polar surface area (TPSA) is 54.0 Å². The Hall–Kier alpha value is -3.39. The van der Waals surface area contributed by atoms with Crippen LogP contribution in [0.25, 0.3) is 0 Å². The van der Waals surface area contributed by atoms with Crippen molar-refractivity contribution in [1.29, 1.82) is 0 Å². The number of methoxy groups -OCH3 is 2. The summed E-state index contributed by atoms with van der Waals surface area (Å²) in [6.07, 6.45) is 0.319. The maximum absolute atomic E-state index is 13.4. The highest BCUT2D eigenvalue weighted by Gasteiger charge is 2.33. The second-order valence-electron chi connectivity index (χ2n) is 8.98. The van der Waals surface area contributed by atoms with Crippen LogP contribution in [0.1, 0.15) is 19.4 Å². The molecule has 190 valence electrons. The number of benzene rings is 3. The fraction of sp³-hybridized carbons (Fsp3) is 0.321. The number of rotatable bonds is 8. The minimum atomic E-state index is -0.263. The summed E-state index contributed by atoms with van der Waals surface area (Å²) in [6, 6.07) is 20.5. The van der Waals surface area contributed by atoms with Crippen molar-refractivity contribution in [3.63, 3.8) is 0 Å². The van der Waals surface area contributed by atoms with Crippen molar-refractivity contribution in [2.75, 3.05) is 36.9 Å². The summed E-state index contributed by atoms with van der Waals surface area (Å²) >= 11 is 1.44. The van der Waals surface area contributed by atoms with Crippen molar-refractivity contribution < 1.29 is 18.7 Å². The molecule has 0 spiro atoms. The van der Waals surface area contributed by atoms with Gasteiger partial charge in [-0.05, 0) is 86.0 Å². The molecule has 0 radical (unpaired) electrons. The molecule has 3 aromatic rings. The number of nitrogens with one attached hydrogen (secondary N) is 1. The minimum absolute atomic E-state index is 0.0742. The Morgan fingerprint density at radius 1 is 0.972 bits per heavy atom. The van der Waals surface area contributed by atoms with Gasteiger partial charge in [-0.3, -0.25) is 4.79 Å². The van der Waals surface area contributed by atoms with Crippen LogP contribution in [0.4, 0.5) is 15.8 Å². The molecule has 0 saturated carbocycles. The Kier molecular flexibility index (Phi) is 8.25. The zero-order valence-corrected chi connectivity index (χ0v) is 21.8. The van der Waals surface area contributed by atoms with Gasteiger partial charge in [0.1, 0.15) is 5.82 Å². The van der Waals surface area contributed by atoms with Crippen LogP contribution >= 0.6 is 11.9 Å². The predicted molar refractivity (Wildman–Crippen MR) is 144 cm³/mol. The van der Waals surface area contributed by atoms with E-state index in [1.165, 1.54) is 24.1 Å². The van der Waals surface area contributed by atoms with Gasteiger partial charge in [0.05, 0.1) is 20.6 Å². The zero-order chi connectivity index (χ0) is 25.7. The lowest BCUT2D eigenvalue weighted by Gasteiger charge is -2.45. The summed E-state index contributed by atoms with van der Waals surface area (Å²) in [5.74, 6) is 1.12. The smallest absolute Gasteiger partial charge is 0.227 e. The largest absolute Gasteiger partial charge is 0.493 e. The van der Waals surface area contributed by atoms with Crippen molar-refractivity contribution in [1.82, 2.24) is 4.90 Å². The maximum Gasteiger partial charge on any atom is 0.227 e. The van der Waals surface area contributed by atoms with Gasteiger partial charge in [-0.2, -0.15) is 0 Å². The summed E-state index contributed by atoms with van der Waals surface area (Å²) in [4.78, 5) is 18.6. The van der Waals surface area contributed by atoms with Crippen LogP contribution in [0.15, 0.2) is 71.6 Å². The summed E-state index contributed by atoms with van der Waals surface area (Å²) < 4.78 is 27.2. The number of amides is 1. The van der Waals surface area contributed by atoms with E-state index in [9.17, 15) is 9.18 Å². The molecule has 1 saturated heterocycles. The van der Waals surface area contributed by atoms with Gasteiger partial charge in [0.2, 0.25) is 5.91 Å². The number of carbonyl (C=O) groups excluding carboxylic acids is 1. The molecule has 4 rings (SSSR count). The van der Waals surface area contributed by atoms with E-state index in [1.807, 2.05) is 29.2 Å². The van der Waals surface area contributed by atoms with Gasteiger partial charge >= 0.3 is 0 Å². The van der Waals surface area contributed by atoms with Crippen molar-refractivity contribution in [2.24, 2.45) is 0 Å². The van der Waals surface area contributed by atoms with Crippen molar-refractivity contribution in [3.05, 3.63) is 78.1 Å². The van der Waals surface area contributed by atoms with Crippen LogP contribution in [0.5, 0.6) is 11.5 Å². The fourth-order valence-electron chi connectivity index (χ4n) is 4.68. The molecule has 2 unspecified atom stereocenters. The van der Waals surface area contributed by atoms with Gasteiger partial charge in [0.15, 0.2) is 11.5 Å². The first-order valence-electron chi connectivity index (χ1n) is 11.9. The first-order valence-corrected chi connectivity index (χ1v) is 12.7. The number of ether oxygens (including phenoxy) is 2. The van der Waals surface area contributed by atoms with Gasteiger partial charge in [0, 0.05) is 41.4 Å². The number of anilines is 2. The fourth-order valence-corrected chi connectivity index (χ4v) is 5.31. The van der Waals surface area contributed by atoms with Crippen LogP contribution < -0.4 is 19.1 Å². The lowest BCUT2D eigenvalue weighted by molar-refractivity contribution is -0.135. The van der Waals surface area contributed by atoms with E-state index in [4.69, 9.17) is 9.47 Å². The van der Waals surface area contributed by atoms with E-state index in [1.54, 1.807) is 20.3 Å². The molecule has 3 aromatic carbocycles.